The summed E-state index contributed by atoms with van der Waals surface area (Å²) in [6.45, 7) is 0. The highest BCUT2D eigenvalue weighted by molar-refractivity contribution is 5.94. The molecule has 0 unspecified atom stereocenters. The molecule has 0 saturated heterocycles. The SMILES string of the molecule is [C+]1=Cc2[nH]c3ccccc3c2C=C1. The van der Waals surface area contributed by atoms with Gasteiger partial charge in [-0.2, -0.15) is 0 Å². The zero-order chi connectivity index (χ0) is 8.67. The number of fused-ring (bicyclic) bond motifs is 3. The van der Waals surface area contributed by atoms with Crippen molar-refractivity contribution in [3.63, 3.8) is 0 Å². The molecule has 1 heteroatoms. The first-order valence-corrected chi connectivity index (χ1v) is 4.32. The Kier molecular flexibility index (Phi) is 1.18. The molecule has 1 heterocycles. The highest BCUT2D eigenvalue weighted by Gasteiger charge is 2.15. The topological polar surface area (TPSA) is 15.8 Å². The Morgan fingerprint density at radius 1 is 1.15 bits per heavy atom. The molecule has 1 aliphatic rings. The van der Waals surface area contributed by atoms with Crippen LogP contribution in [0.25, 0.3) is 23.1 Å². The molecule has 0 fully saturated rings. The van der Waals surface area contributed by atoms with Crippen LogP contribution in [0.15, 0.2) is 30.3 Å². The highest BCUT2D eigenvalue weighted by Crippen LogP contribution is 2.26. The van der Waals surface area contributed by atoms with Gasteiger partial charge in [0.15, 0.2) is 5.69 Å². The predicted octanol–water partition coefficient (Wildman–Crippen LogP) is 3.01. The molecule has 0 atom stereocenters. The summed E-state index contributed by atoms with van der Waals surface area (Å²) in [6, 6.07) is 8.33. The van der Waals surface area contributed by atoms with E-state index in [9.17, 15) is 0 Å². The van der Waals surface area contributed by atoms with E-state index in [0.29, 0.717) is 0 Å². The maximum atomic E-state index is 3.35. The summed E-state index contributed by atoms with van der Waals surface area (Å²) < 4.78 is 0. The number of hydrogen-bond acceptors (Lipinski definition) is 0. The highest BCUT2D eigenvalue weighted by atomic mass is 14.7. The number of rotatable bonds is 0. The maximum absolute atomic E-state index is 3.35. The van der Waals surface area contributed by atoms with Crippen molar-refractivity contribution in [2.75, 3.05) is 0 Å². The molecule has 1 N–H and O–H groups in total. The Morgan fingerprint density at radius 3 is 3.08 bits per heavy atom. The quantitative estimate of drug-likeness (QED) is 0.579. The van der Waals surface area contributed by atoms with Crippen molar-refractivity contribution in [3.8, 4) is 0 Å². The van der Waals surface area contributed by atoms with Crippen LogP contribution in [0.5, 0.6) is 0 Å². The second-order valence-electron chi connectivity index (χ2n) is 3.14. The molecule has 1 nitrogen and oxygen atoms in total. The van der Waals surface area contributed by atoms with E-state index in [1.807, 2.05) is 18.2 Å². The number of benzene rings is 1. The summed E-state index contributed by atoms with van der Waals surface area (Å²) in [5.74, 6) is 0. The summed E-state index contributed by atoms with van der Waals surface area (Å²) in [5, 5.41) is 1.28. The van der Waals surface area contributed by atoms with Crippen LogP contribution < -0.4 is 0 Å². The van der Waals surface area contributed by atoms with Crippen LogP contribution in [-0.4, -0.2) is 4.98 Å². The average Bonchev–Trinajstić information content (AvgIpc) is 2.56. The van der Waals surface area contributed by atoms with Crippen LogP contribution >= 0.6 is 0 Å². The van der Waals surface area contributed by atoms with Gasteiger partial charge >= 0.3 is 0 Å². The largest absolute Gasteiger partial charge is 0.301 e. The van der Waals surface area contributed by atoms with E-state index >= 15 is 0 Å². The van der Waals surface area contributed by atoms with Gasteiger partial charge < -0.3 is 4.98 Å². The Bertz CT molecular complexity index is 515. The average molecular weight is 166 g/mol. The molecule has 1 aliphatic carbocycles. The molecule has 60 valence electrons. The normalized spacial score (nSPS) is 12.9. The van der Waals surface area contributed by atoms with Gasteiger partial charge in [0.2, 0.25) is 0 Å². The van der Waals surface area contributed by atoms with Gasteiger partial charge in [0.25, 0.3) is 0 Å². The molecule has 0 aliphatic heterocycles. The first-order chi connectivity index (χ1) is 6.45. The fourth-order valence-electron chi connectivity index (χ4n) is 1.74. The third kappa shape index (κ3) is 0.851. The van der Waals surface area contributed by atoms with Crippen molar-refractivity contribution in [3.05, 3.63) is 47.7 Å². The van der Waals surface area contributed by atoms with Crippen LogP contribution in [0.3, 0.4) is 0 Å². The minimum absolute atomic E-state index is 1.16. The fraction of sp³-hybridized carbons (Fsp3) is 0. The number of aromatic nitrogens is 1. The van der Waals surface area contributed by atoms with E-state index in [4.69, 9.17) is 0 Å². The summed E-state index contributed by atoms with van der Waals surface area (Å²) in [7, 11) is 0. The van der Waals surface area contributed by atoms with E-state index in [-0.39, 0.29) is 0 Å². The molecule has 0 amide bonds. The number of para-hydroxylation sites is 1. The van der Waals surface area contributed by atoms with Crippen LogP contribution in [0.2, 0.25) is 0 Å². The van der Waals surface area contributed by atoms with Crippen molar-refractivity contribution in [1.29, 1.82) is 0 Å². The van der Waals surface area contributed by atoms with Crippen molar-refractivity contribution in [2.45, 2.75) is 0 Å². The van der Waals surface area contributed by atoms with E-state index in [1.165, 1.54) is 16.5 Å². The zero-order valence-electron chi connectivity index (χ0n) is 7.04. The number of H-pyrrole nitrogens is 1. The summed E-state index contributed by atoms with van der Waals surface area (Å²) >= 11 is 0. The second kappa shape index (κ2) is 2.32. The third-order valence-corrected chi connectivity index (χ3v) is 2.35. The summed E-state index contributed by atoms with van der Waals surface area (Å²) in [4.78, 5) is 3.35. The lowest BCUT2D eigenvalue weighted by molar-refractivity contribution is 1.41. The number of nitrogens with one attached hydrogen (secondary N) is 1. The van der Waals surface area contributed by atoms with E-state index in [1.54, 1.807) is 0 Å². The van der Waals surface area contributed by atoms with E-state index < -0.39 is 0 Å². The second-order valence-corrected chi connectivity index (χ2v) is 3.14. The molecule has 0 spiro atoms. The number of allylic oxidation sites excluding steroid dienone is 2. The summed E-state index contributed by atoms with van der Waals surface area (Å²) in [6.07, 6.45) is 9.09. The van der Waals surface area contributed by atoms with Gasteiger partial charge in [-0.1, -0.05) is 12.1 Å². The van der Waals surface area contributed by atoms with Crippen molar-refractivity contribution in [1.82, 2.24) is 4.98 Å². The van der Waals surface area contributed by atoms with Gasteiger partial charge in [0.1, 0.15) is 17.7 Å². The lowest BCUT2D eigenvalue weighted by Gasteiger charge is -1.87. The Labute approximate surface area is 76.4 Å². The monoisotopic (exact) mass is 166 g/mol. The van der Waals surface area contributed by atoms with Gasteiger partial charge in [-0.3, -0.25) is 0 Å². The van der Waals surface area contributed by atoms with Crippen LogP contribution in [0, 0.1) is 6.08 Å². The lowest BCUT2D eigenvalue weighted by Crippen LogP contribution is -1.78. The first kappa shape index (κ1) is 6.64. The van der Waals surface area contributed by atoms with Crippen LogP contribution in [0.4, 0.5) is 0 Å². The number of aromatic amines is 1. The molecule has 3 rings (SSSR count). The first-order valence-electron chi connectivity index (χ1n) is 4.32. The van der Waals surface area contributed by atoms with Crippen molar-refractivity contribution < 1.29 is 0 Å². The molecular formula is C12H8N+. The Morgan fingerprint density at radius 2 is 2.08 bits per heavy atom. The molecule has 0 bridgehead atoms. The van der Waals surface area contributed by atoms with Gasteiger partial charge in [-0.05, 0) is 12.1 Å². The van der Waals surface area contributed by atoms with Gasteiger partial charge in [-0.25, -0.2) is 0 Å². The molecule has 2 aromatic rings. The molecule has 0 radical (unpaired) electrons. The summed E-state index contributed by atoms with van der Waals surface area (Å²) in [5.41, 5.74) is 3.62. The van der Waals surface area contributed by atoms with Crippen molar-refractivity contribution >= 4 is 23.1 Å². The van der Waals surface area contributed by atoms with Gasteiger partial charge in [0.05, 0.1) is 11.6 Å². The zero-order valence-corrected chi connectivity index (χ0v) is 7.04. The van der Waals surface area contributed by atoms with Crippen molar-refractivity contribution in [2.24, 2.45) is 0 Å². The maximum Gasteiger partial charge on any atom is 0.159 e. The van der Waals surface area contributed by atoms with E-state index in [2.05, 4.69) is 35.3 Å². The number of hydrogen-bond donors (Lipinski definition) is 1. The Hall–Kier alpha value is -1.85. The van der Waals surface area contributed by atoms with Crippen LogP contribution in [0.1, 0.15) is 11.3 Å². The predicted molar refractivity (Wildman–Crippen MR) is 55.0 cm³/mol. The molecule has 1 aromatic carbocycles. The Balaban J connectivity index is 2.49. The molecule has 0 saturated carbocycles. The minimum Gasteiger partial charge on any atom is -0.301 e. The standard InChI is InChI=1S/C12H8N/c1-3-7-11-9(5-1)10-6-2-4-8-12(10)13-11/h1-3,5-8,13H/q+1. The van der Waals surface area contributed by atoms with Crippen LogP contribution in [-0.2, 0) is 0 Å². The molecule has 13 heavy (non-hydrogen) atoms. The lowest BCUT2D eigenvalue weighted by atomic mass is 10.1. The van der Waals surface area contributed by atoms with Gasteiger partial charge in [-0.15, -0.1) is 0 Å². The smallest absolute Gasteiger partial charge is 0.159 e. The molecule has 1 aromatic heterocycles. The molecular weight excluding hydrogens is 158 g/mol. The van der Waals surface area contributed by atoms with E-state index in [0.717, 1.165) is 5.69 Å². The minimum atomic E-state index is 1.16. The fourth-order valence-corrected chi connectivity index (χ4v) is 1.74. The third-order valence-electron chi connectivity index (χ3n) is 2.35. The van der Waals surface area contributed by atoms with Gasteiger partial charge in [0, 0.05) is 11.5 Å².